The summed E-state index contributed by atoms with van der Waals surface area (Å²) in [6, 6.07) is 7.88. The highest BCUT2D eigenvalue weighted by Gasteiger charge is 2.33. The molecule has 0 saturated carbocycles. The van der Waals surface area contributed by atoms with Gasteiger partial charge >= 0.3 is 6.18 Å². The molecule has 0 radical (unpaired) electrons. The van der Waals surface area contributed by atoms with Crippen molar-refractivity contribution >= 4 is 22.7 Å². The molecule has 1 aliphatic heterocycles. The van der Waals surface area contributed by atoms with Gasteiger partial charge in [-0.1, -0.05) is 6.07 Å². The molecule has 0 aliphatic carbocycles. The monoisotopic (exact) mass is 545 g/mol. The van der Waals surface area contributed by atoms with Crippen molar-refractivity contribution < 1.29 is 22.7 Å². The first-order valence-electron chi connectivity index (χ1n) is 12.2. The fraction of sp³-hybridized carbons (Fsp3) is 0.385. The average molecular weight is 546 g/mol. The van der Waals surface area contributed by atoms with Gasteiger partial charge < -0.3 is 15.7 Å². The third-order valence-corrected chi connectivity index (χ3v) is 6.63. The average Bonchev–Trinajstić information content (AvgIpc) is 3.08. The Morgan fingerprint density at radius 1 is 1.15 bits per heavy atom. The third kappa shape index (κ3) is 5.11. The number of benzene rings is 1. The number of fused-ring (bicyclic) bond motifs is 2. The van der Waals surface area contributed by atoms with Gasteiger partial charge in [-0.25, -0.2) is 23.7 Å². The Bertz CT molecular complexity index is 1630. The van der Waals surface area contributed by atoms with Gasteiger partial charge in [0.25, 0.3) is 5.56 Å². The summed E-state index contributed by atoms with van der Waals surface area (Å²) in [5.74, 6) is -1.04. The van der Waals surface area contributed by atoms with Crippen molar-refractivity contribution in [3.8, 4) is 5.82 Å². The second-order valence-corrected chi connectivity index (χ2v) is 10.6. The smallest absolute Gasteiger partial charge is 0.384 e. The van der Waals surface area contributed by atoms with Gasteiger partial charge in [-0.15, -0.1) is 0 Å². The fourth-order valence-electron chi connectivity index (χ4n) is 4.83. The van der Waals surface area contributed by atoms with E-state index in [0.717, 1.165) is 47.1 Å². The van der Waals surface area contributed by atoms with Gasteiger partial charge in [0.05, 0.1) is 0 Å². The number of nitrogens with one attached hydrogen (secondary N) is 2. The minimum atomic E-state index is -4.75. The van der Waals surface area contributed by atoms with Crippen LogP contribution < -0.4 is 16.2 Å². The van der Waals surface area contributed by atoms with E-state index in [0.29, 0.717) is 10.4 Å². The summed E-state index contributed by atoms with van der Waals surface area (Å²) >= 11 is 0. The molecule has 1 aliphatic rings. The minimum Gasteiger partial charge on any atom is -0.384 e. The number of hydrogen-bond acceptors (Lipinski definition) is 7. The number of alkyl halides is 3. The van der Waals surface area contributed by atoms with E-state index < -0.39 is 35.4 Å². The standard InChI is InChI=1S/C26H27F4N7O2/c1-24(2)17-6-5-15(11-14(17)9-10-32-24)33-23-31-12-16-21(35-23)37(36(22(16)38)13-26(28,29)30)19-8-7-18(27)20(34-19)25(3,4)39/h5-8,11-12,32,39H,9-10,13H2,1-4H3,(H,31,33,35). The van der Waals surface area contributed by atoms with Gasteiger partial charge in [-0.2, -0.15) is 18.2 Å². The van der Waals surface area contributed by atoms with Gasteiger partial charge in [0.1, 0.15) is 29.0 Å². The summed E-state index contributed by atoms with van der Waals surface area (Å²) in [6.07, 6.45) is -2.80. The SMILES string of the molecule is CC(C)(O)c1nc(-n2c3nc(Nc4ccc5c(c4)CCNC5(C)C)ncc3c(=O)n2CC(F)(F)F)ccc1F. The van der Waals surface area contributed by atoms with Crippen LogP contribution in [0.15, 0.2) is 41.3 Å². The fourth-order valence-corrected chi connectivity index (χ4v) is 4.83. The number of pyridine rings is 1. The lowest BCUT2D eigenvalue weighted by atomic mass is 9.85. The number of hydrogen-bond donors (Lipinski definition) is 3. The molecule has 13 heteroatoms. The lowest BCUT2D eigenvalue weighted by Crippen LogP contribution is -2.42. The predicted octanol–water partition coefficient (Wildman–Crippen LogP) is 4.03. The maximum atomic E-state index is 14.4. The first kappa shape index (κ1) is 26.8. The van der Waals surface area contributed by atoms with Crippen LogP contribution in [0.1, 0.15) is 44.5 Å². The molecule has 0 saturated heterocycles. The van der Waals surface area contributed by atoms with Crippen LogP contribution in [0.25, 0.3) is 16.9 Å². The van der Waals surface area contributed by atoms with Crippen LogP contribution in [0.2, 0.25) is 0 Å². The number of nitrogens with zero attached hydrogens (tertiary/aromatic N) is 5. The quantitative estimate of drug-likeness (QED) is 0.325. The maximum absolute atomic E-state index is 14.4. The molecule has 0 unspecified atom stereocenters. The van der Waals surface area contributed by atoms with E-state index in [4.69, 9.17) is 0 Å². The Morgan fingerprint density at radius 2 is 1.90 bits per heavy atom. The summed E-state index contributed by atoms with van der Waals surface area (Å²) < 4.78 is 56.2. The molecule has 9 nitrogen and oxygen atoms in total. The Hall–Kier alpha value is -3.84. The lowest BCUT2D eigenvalue weighted by molar-refractivity contribution is -0.144. The van der Waals surface area contributed by atoms with Crippen molar-refractivity contribution in [1.82, 2.24) is 29.6 Å². The van der Waals surface area contributed by atoms with Crippen molar-refractivity contribution in [3.05, 3.63) is 69.5 Å². The van der Waals surface area contributed by atoms with Crippen molar-refractivity contribution in [1.29, 1.82) is 0 Å². The van der Waals surface area contributed by atoms with Crippen LogP contribution in [0.4, 0.5) is 29.2 Å². The summed E-state index contributed by atoms with van der Waals surface area (Å²) in [5, 5.41) is 16.7. The Morgan fingerprint density at radius 3 is 2.59 bits per heavy atom. The molecule has 3 aromatic heterocycles. The zero-order chi connectivity index (χ0) is 28.3. The van der Waals surface area contributed by atoms with Crippen LogP contribution in [0.3, 0.4) is 0 Å². The summed E-state index contributed by atoms with van der Waals surface area (Å²) in [6.45, 7) is 5.93. The van der Waals surface area contributed by atoms with Crippen LogP contribution in [-0.4, -0.2) is 42.1 Å². The van der Waals surface area contributed by atoms with E-state index in [9.17, 15) is 27.5 Å². The molecule has 5 rings (SSSR count). The highest BCUT2D eigenvalue weighted by Crippen LogP contribution is 2.31. The molecule has 0 spiro atoms. The van der Waals surface area contributed by atoms with E-state index in [2.05, 4.69) is 39.4 Å². The first-order chi connectivity index (χ1) is 18.1. The van der Waals surface area contributed by atoms with Gasteiger partial charge in [0.15, 0.2) is 11.5 Å². The molecule has 1 aromatic carbocycles. The molecular formula is C26H27F4N7O2. The molecule has 0 fully saturated rings. The van der Waals surface area contributed by atoms with E-state index in [1.165, 1.54) is 13.8 Å². The number of rotatable bonds is 5. The number of anilines is 2. The zero-order valence-corrected chi connectivity index (χ0v) is 21.7. The topological polar surface area (TPSA) is 110 Å². The summed E-state index contributed by atoms with van der Waals surface area (Å²) in [5.41, 5.74) is -0.532. The highest BCUT2D eigenvalue weighted by molar-refractivity contribution is 5.77. The lowest BCUT2D eigenvalue weighted by Gasteiger charge is -2.34. The molecule has 3 N–H and O–H groups in total. The summed E-state index contributed by atoms with van der Waals surface area (Å²) in [4.78, 5) is 25.6. The largest absolute Gasteiger partial charge is 0.408 e. The first-order valence-corrected chi connectivity index (χ1v) is 12.2. The minimum absolute atomic E-state index is 0.0402. The van der Waals surface area contributed by atoms with Crippen molar-refractivity contribution in [3.63, 3.8) is 0 Å². The number of halogens is 4. The van der Waals surface area contributed by atoms with E-state index in [-0.39, 0.29) is 28.3 Å². The highest BCUT2D eigenvalue weighted by atomic mass is 19.4. The van der Waals surface area contributed by atoms with Crippen molar-refractivity contribution in [2.45, 2.75) is 58.0 Å². The molecular weight excluding hydrogens is 518 g/mol. The third-order valence-electron chi connectivity index (χ3n) is 6.63. The second-order valence-electron chi connectivity index (χ2n) is 10.6. The predicted molar refractivity (Wildman–Crippen MR) is 137 cm³/mol. The molecule has 206 valence electrons. The normalized spacial score (nSPS) is 15.4. The van der Waals surface area contributed by atoms with Gasteiger partial charge in [0, 0.05) is 17.4 Å². The Kier molecular flexibility index (Phi) is 6.26. The van der Waals surface area contributed by atoms with Crippen LogP contribution in [-0.2, 0) is 24.1 Å². The molecule has 0 amide bonds. The van der Waals surface area contributed by atoms with Gasteiger partial charge in [0.2, 0.25) is 5.95 Å². The van der Waals surface area contributed by atoms with Crippen LogP contribution in [0, 0.1) is 5.82 Å². The molecule has 0 bridgehead atoms. The molecule has 4 aromatic rings. The summed E-state index contributed by atoms with van der Waals surface area (Å²) in [7, 11) is 0. The van der Waals surface area contributed by atoms with E-state index in [1.54, 1.807) is 0 Å². The number of aromatic nitrogens is 5. The maximum Gasteiger partial charge on any atom is 0.408 e. The van der Waals surface area contributed by atoms with Gasteiger partial charge in [-0.3, -0.25) is 4.79 Å². The molecule has 4 heterocycles. The van der Waals surface area contributed by atoms with E-state index in [1.807, 2.05) is 18.2 Å². The van der Waals surface area contributed by atoms with Crippen molar-refractivity contribution in [2.75, 3.05) is 11.9 Å². The zero-order valence-electron chi connectivity index (χ0n) is 21.7. The molecule has 39 heavy (non-hydrogen) atoms. The second kappa shape index (κ2) is 9.12. The number of aliphatic hydroxyl groups is 1. The van der Waals surface area contributed by atoms with Crippen LogP contribution >= 0.6 is 0 Å². The van der Waals surface area contributed by atoms with Crippen molar-refractivity contribution in [2.24, 2.45) is 0 Å². The Balaban J connectivity index is 1.64. The molecule has 0 atom stereocenters. The Labute approximate surface area is 220 Å². The van der Waals surface area contributed by atoms with Gasteiger partial charge in [-0.05, 0) is 76.1 Å². The van der Waals surface area contributed by atoms with Crippen LogP contribution in [0.5, 0.6) is 0 Å². The van der Waals surface area contributed by atoms with E-state index >= 15 is 0 Å².